The van der Waals surface area contributed by atoms with Gasteiger partial charge >= 0.3 is 11.9 Å². The van der Waals surface area contributed by atoms with Crippen LogP contribution in [0.2, 0.25) is 0 Å². The van der Waals surface area contributed by atoms with Crippen molar-refractivity contribution < 1.29 is 19.1 Å². The highest BCUT2D eigenvalue weighted by molar-refractivity contribution is 5.78. The Bertz CT molecular complexity index is 876. The van der Waals surface area contributed by atoms with Crippen LogP contribution in [0.1, 0.15) is 105 Å². The SMILES string of the molecule is CC1C2CC3CC1C(C)C(C(=O)OCC1CCC(COC(=O)C45CC6CC(C4)C(C)C(C6)C5C)CC1)(C3)C2. The van der Waals surface area contributed by atoms with Crippen molar-refractivity contribution in [1.29, 1.82) is 0 Å². The average molecular weight is 525 g/mol. The number of carbonyl (C=O) groups is 2. The zero-order valence-electron chi connectivity index (χ0n) is 24.5. The Morgan fingerprint density at radius 2 is 1.00 bits per heavy atom. The number of rotatable bonds is 6. The zero-order chi connectivity index (χ0) is 26.4. The van der Waals surface area contributed by atoms with Gasteiger partial charge in [0.05, 0.1) is 24.0 Å². The summed E-state index contributed by atoms with van der Waals surface area (Å²) in [4.78, 5) is 27.1. The van der Waals surface area contributed by atoms with Gasteiger partial charge in [-0.05, 0) is 148 Å². The van der Waals surface area contributed by atoms with Gasteiger partial charge in [0.15, 0.2) is 0 Å². The fourth-order valence-electron chi connectivity index (χ4n) is 12.2. The largest absolute Gasteiger partial charge is 0.465 e. The van der Waals surface area contributed by atoms with E-state index in [4.69, 9.17) is 9.47 Å². The number of ether oxygens (including phenoxy) is 2. The molecule has 12 unspecified atom stereocenters. The molecule has 4 nitrogen and oxygen atoms in total. The topological polar surface area (TPSA) is 52.6 Å². The lowest BCUT2D eigenvalue weighted by atomic mass is 9.42. The maximum Gasteiger partial charge on any atom is 0.312 e. The molecule has 0 aromatic rings. The quantitative estimate of drug-likeness (QED) is 0.342. The van der Waals surface area contributed by atoms with Crippen LogP contribution in [0.25, 0.3) is 0 Å². The number of carbonyl (C=O) groups excluding carboxylic acids is 2. The fourth-order valence-corrected chi connectivity index (χ4v) is 12.2. The second kappa shape index (κ2) is 9.23. The third-order valence-corrected chi connectivity index (χ3v) is 14.6. The van der Waals surface area contributed by atoms with Gasteiger partial charge in [0.2, 0.25) is 0 Å². The molecule has 0 radical (unpaired) electrons. The third kappa shape index (κ3) is 3.80. The van der Waals surface area contributed by atoms with Crippen molar-refractivity contribution >= 4 is 11.9 Å². The minimum absolute atomic E-state index is 0.131. The van der Waals surface area contributed by atoms with Crippen molar-refractivity contribution in [2.24, 2.45) is 81.8 Å². The minimum Gasteiger partial charge on any atom is -0.465 e. The lowest BCUT2D eigenvalue weighted by Crippen LogP contribution is -2.59. The molecule has 0 N–H and O–H groups in total. The molecule has 9 rings (SSSR count). The summed E-state index contributed by atoms with van der Waals surface area (Å²) in [5.41, 5.74) is -0.388. The number of hydrogen-bond acceptors (Lipinski definition) is 4. The van der Waals surface area contributed by atoms with E-state index in [0.717, 1.165) is 98.7 Å². The van der Waals surface area contributed by atoms with Gasteiger partial charge in [-0.2, -0.15) is 0 Å². The van der Waals surface area contributed by atoms with Crippen LogP contribution in [0.4, 0.5) is 0 Å². The van der Waals surface area contributed by atoms with Crippen LogP contribution in [0.15, 0.2) is 0 Å². The molecule has 0 heterocycles. The van der Waals surface area contributed by atoms with Crippen LogP contribution in [0.5, 0.6) is 0 Å². The first-order valence-electron chi connectivity index (χ1n) is 16.5. The Hall–Kier alpha value is -1.06. The second-order valence-corrected chi connectivity index (χ2v) is 16.0. The van der Waals surface area contributed by atoms with Crippen molar-refractivity contribution in [2.75, 3.05) is 13.2 Å². The average Bonchev–Trinajstić information content (AvgIpc) is 2.92. The van der Waals surface area contributed by atoms with Crippen LogP contribution >= 0.6 is 0 Å². The molecule has 9 saturated carbocycles. The standard InChI is InChI=1S/C34H52O4/c1-19-27-9-25-11-29(19)21(3)33(13-25,15-27)31(35)37-17-23-5-7-24(8-6-23)18-38-32(36)34-14-26-10-28(16-34)20(2)30(12-26)22(34)4/h19-30H,5-18H2,1-4H3. The first kappa shape index (κ1) is 25.9. The Balaban J connectivity index is 0.884. The Morgan fingerprint density at radius 1 is 0.605 bits per heavy atom. The van der Waals surface area contributed by atoms with E-state index in [-0.39, 0.29) is 22.8 Å². The molecule has 9 aliphatic rings. The van der Waals surface area contributed by atoms with Crippen LogP contribution < -0.4 is 0 Å². The van der Waals surface area contributed by atoms with E-state index in [1.54, 1.807) is 0 Å². The summed E-state index contributed by atoms with van der Waals surface area (Å²) in [6.45, 7) is 10.7. The molecule has 212 valence electrons. The molecule has 9 aliphatic carbocycles. The van der Waals surface area contributed by atoms with Crippen LogP contribution in [0, 0.1) is 81.8 Å². The molecule has 12 atom stereocenters. The molecule has 38 heavy (non-hydrogen) atoms. The summed E-state index contributed by atoms with van der Waals surface area (Å²) < 4.78 is 12.3. The van der Waals surface area contributed by atoms with Gasteiger partial charge in [-0.15, -0.1) is 0 Å². The van der Waals surface area contributed by atoms with Crippen molar-refractivity contribution in [3.8, 4) is 0 Å². The van der Waals surface area contributed by atoms with Crippen LogP contribution in [0.3, 0.4) is 0 Å². The van der Waals surface area contributed by atoms with Gasteiger partial charge in [0.1, 0.15) is 0 Å². The van der Waals surface area contributed by atoms with E-state index in [1.807, 2.05) is 0 Å². The maximum atomic E-state index is 13.5. The molecule has 9 fully saturated rings. The summed E-state index contributed by atoms with van der Waals surface area (Å²) >= 11 is 0. The highest BCUT2D eigenvalue weighted by atomic mass is 16.5. The summed E-state index contributed by atoms with van der Waals surface area (Å²) in [5.74, 6) is 8.12. The van der Waals surface area contributed by atoms with Crippen molar-refractivity contribution in [2.45, 2.75) is 105 Å². The lowest BCUT2D eigenvalue weighted by molar-refractivity contribution is -0.193. The Kier molecular flexibility index (Phi) is 6.29. The predicted molar refractivity (Wildman–Crippen MR) is 147 cm³/mol. The van der Waals surface area contributed by atoms with Crippen molar-refractivity contribution in [3.63, 3.8) is 0 Å². The van der Waals surface area contributed by atoms with E-state index in [1.165, 1.54) is 25.7 Å². The molecule has 0 aromatic heterocycles. The van der Waals surface area contributed by atoms with E-state index >= 15 is 0 Å². The van der Waals surface area contributed by atoms with Gasteiger partial charge < -0.3 is 9.47 Å². The minimum atomic E-state index is -0.194. The first-order chi connectivity index (χ1) is 18.2. The maximum absolute atomic E-state index is 13.5. The van der Waals surface area contributed by atoms with Crippen LogP contribution in [-0.4, -0.2) is 25.2 Å². The van der Waals surface area contributed by atoms with E-state index in [2.05, 4.69) is 27.7 Å². The molecule has 4 heteroatoms. The Labute approximate surface area is 230 Å². The van der Waals surface area contributed by atoms with E-state index < -0.39 is 0 Å². The molecular formula is C34H52O4. The number of esters is 2. The zero-order valence-corrected chi connectivity index (χ0v) is 24.5. The molecule has 0 aromatic carbocycles. The molecule has 0 aliphatic heterocycles. The third-order valence-electron chi connectivity index (χ3n) is 14.6. The summed E-state index contributed by atoms with van der Waals surface area (Å²) in [6.07, 6.45) is 14.0. The van der Waals surface area contributed by atoms with Crippen molar-refractivity contribution in [1.82, 2.24) is 0 Å². The lowest BCUT2D eigenvalue weighted by Gasteiger charge is -2.61. The summed E-state index contributed by atoms with van der Waals surface area (Å²) in [5, 5.41) is 0. The van der Waals surface area contributed by atoms with E-state index in [9.17, 15) is 9.59 Å². The van der Waals surface area contributed by atoms with Gasteiger partial charge in [-0.3, -0.25) is 9.59 Å². The van der Waals surface area contributed by atoms with Gasteiger partial charge in [0, 0.05) is 0 Å². The highest BCUT2D eigenvalue weighted by Gasteiger charge is 2.63. The molecular weight excluding hydrogens is 472 g/mol. The van der Waals surface area contributed by atoms with Crippen LogP contribution in [-0.2, 0) is 19.1 Å². The predicted octanol–water partition coefficient (Wildman–Crippen LogP) is 7.30. The molecule has 0 saturated heterocycles. The van der Waals surface area contributed by atoms with E-state index in [0.29, 0.717) is 36.9 Å². The van der Waals surface area contributed by atoms with Gasteiger partial charge in [0.25, 0.3) is 0 Å². The Morgan fingerprint density at radius 3 is 1.39 bits per heavy atom. The number of hydrogen-bond donors (Lipinski definition) is 0. The van der Waals surface area contributed by atoms with Gasteiger partial charge in [-0.25, -0.2) is 0 Å². The summed E-state index contributed by atoms with van der Waals surface area (Å²) in [7, 11) is 0. The first-order valence-corrected chi connectivity index (χ1v) is 16.5. The second-order valence-electron chi connectivity index (χ2n) is 16.0. The smallest absolute Gasteiger partial charge is 0.312 e. The fraction of sp³-hybridized carbons (Fsp3) is 0.941. The highest BCUT2D eigenvalue weighted by Crippen LogP contribution is 2.66. The summed E-state index contributed by atoms with van der Waals surface area (Å²) in [6, 6.07) is 0. The molecule has 0 spiro atoms. The van der Waals surface area contributed by atoms with Gasteiger partial charge in [-0.1, -0.05) is 27.7 Å². The molecule has 0 amide bonds. The van der Waals surface area contributed by atoms with Crippen molar-refractivity contribution in [3.05, 3.63) is 0 Å². The molecule has 8 bridgehead atoms. The normalized spacial score (nSPS) is 54.2. The monoisotopic (exact) mass is 524 g/mol.